The first-order chi connectivity index (χ1) is 10.8. The number of rotatable bonds is 4. The van der Waals surface area contributed by atoms with Crippen molar-refractivity contribution in [1.82, 2.24) is 14.5 Å². The number of nitrogens with zero attached hydrogens (tertiary/aromatic N) is 4. The summed E-state index contributed by atoms with van der Waals surface area (Å²) in [5.74, 6) is 0. The van der Waals surface area contributed by atoms with Gasteiger partial charge in [-0.2, -0.15) is 0 Å². The third-order valence-corrected chi connectivity index (χ3v) is 5.14. The van der Waals surface area contributed by atoms with Gasteiger partial charge in [0.2, 0.25) is 0 Å². The minimum Gasteiger partial charge on any atom is -0.374 e. The molecule has 1 saturated heterocycles. The molecule has 0 spiro atoms. The van der Waals surface area contributed by atoms with Gasteiger partial charge in [-0.05, 0) is 43.0 Å². The third-order valence-electron chi connectivity index (χ3n) is 5.14. The van der Waals surface area contributed by atoms with Gasteiger partial charge in [0.1, 0.15) is 0 Å². The highest BCUT2D eigenvalue weighted by atomic mass is 15.2. The summed E-state index contributed by atoms with van der Waals surface area (Å²) in [4.78, 5) is 9.16. The zero-order chi connectivity index (χ0) is 14.9. The van der Waals surface area contributed by atoms with E-state index < -0.39 is 0 Å². The van der Waals surface area contributed by atoms with E-state index in [0.717, 1.165) is 19.6 Å². The van der Waals surface area contributed by atoms with Crippen LogP contribution in [-0.4, -0.2) is 40.6 Å². The van der Waals surface area contributed by atoms with Crippen LogP contribution in [-0.2, 0) is 19.5 Å². The van der Waals surface area contributed by atoms with E-state index in [4.69, 9.17) is 0 Å². The minimum absolute atomic E-state index is 0.644. The van der Waals surface area contributed by atoms with E-state index in [2.05, 4.69) is 50.8 Å². The molecule has 2 aliphatic rings. The van der Waals surface area contributed by atoms with Crippen molar-refractivity contribution in [2.75, 3.05) is 25.0 Å². The monoisotopic (exact) mass is 296 g/mol. The zero-order valence-corrected chi connectivity index (χ0v) is 13.3. The number of likely N-dealkylation sites (tertiary alicyclic amines) is 1. The second kappa shape index (κ2) is 5.76. The Labute approximate surface area is 132 Å². The van der Waals surface area contributed by atoms with Crippen LogP contribution in [0.15, 0.2) is 36.9 Å². The minimum atomic E-state index is 0.644. The van der Waals surface area contributed by atoms with Gasteiger partial charge in [0.05, 0.1) is 6.33 Å². The molecule has 116 valence electrons. The summed E-state index contributed by atoms with van der Waals surface area (Å²) >= 11 is 0. The molecule has 1 fully saturated rings. The fourth-order valence-corrected chi connectivity index (χ4v) is 3.90. The average Bonchev–Trinajstić information content (AvgIpc) is 3.24. The first kappa shape index (κ1) is 13.8. The molecule has 2 aromatic rings. The largest absolute Gasteiger partial charge is 0.374 e. The fraction of sp³-hybridized carbons (Fsp3) is 0.500. The van der Waals surface area contributed by atoms with Gasteiger partial charge in [-0.25, -0.2) is 4.98 Å². The van der Waals surface area contributed by atoms with Crippen LogP contribution in [0.4, 0.5) is 5.69 Å². The SMILES string of the molecule is CN1CCc2cc(CN3CCC[C@H]3Cn3ccnc3)ccc21. The van der Waals surface area contributed by atoms with Gasteiger partial charge in [-0.15, -0.1) is 0 Å². The lowest BCUT2D eigenvalue weighted by Gasteiger charge is -2.25. The number of benzene rings is 1. The predicted molar refractivity (Wildman–Crippen MR) is 89.1 cm³/mol. The van der Waals surface area contributed by atoms with Crippen LogP contribution in [0.2, 0.25) is 0 Å². The van der Waals surface area contributed by atoms with Crippen molar-refractivity contribution in [3.63, 3.8) is 0 Å². The Kier molecular flexibility index (Phi) is 3.62. The Balaban J connectivity index is 1.46. The summed E-state index contributed by atoms with van der Waals surface area (Å²) in [6, 6.07) is 7.68. The van der Waals surface area contributed by atoms with Gasteiger partial charge in [0.15, 0.2) is 0 Å². The molecule has 0 unspecified atom stereocenters. The topological polar surface area (TPSA) is 24.3 Å². The fourth-order valence-electron chi connectivity index (χ4n) is 3.90. The third kappa shape index (κ3) is 2.63. The summed E-state index contributed by atoms with van der Waals surface area (Å²) in [5, 5.41) is 0. The van der Waals surface area contributed by atoms with Crippen LogP contribution in [0.25, 0.3) is 0 Å². The van der Waals surface area contributed by atoms with Gasteiger partial charge in [0.25, 0.3) is 0 Å². The molecular weight excluding hydrogens is 272 g/mol. The lowest BCUT2D eigenvalue weighted by atomic mass is 10.1. The number of hydrogen-bond donors (Lipinski definition) is 0. The Morgan fingerprint density at radius 1 is 1.27 bits per heavy atom. The van der Waals surface area contributed by atoms with Crippen LogP contribution in [0, 0.1) is 0 Å². The van der Waals surface area contributed by atoms with Crippen molar-refractivity contribution in [2.45, 2.75) is 38.4 Å². The molecule has 4 nitrogen and oxygen atoms in total. The maximum absolute atomic E-state index is 4.16. The first-order valence-electron chi connectivity index (χ1n) is 8.32. The number of hydrogen-bond acceptors (Lipinski definition) is 3. The molecule has 0 radical (unpaired) electrons. The van der Waals surface area contributed by atoms with Crippen molar-refractivity contribution >= 4 is 5.69 Å². The van der Waals surface area contributed by atoms with E-state index in [1.54, 1.807) is 0 Å². The second-order valence-corrected chi connectivity index (χ2v) is 6.66. The van der Waals surface area contributed by atoms with Crippen LogP contribution < -0.4 is 4.90 Å². The molecule has 4 rings (SSSR count). The Morgan fingerprint density at radius 2 is 2.23 bits per heavy atom. The lowest BCUT2D eigenvalue weighted by molar-refractivity contribution is 0.224. The van der Waals surface area contributed by atoms with E-state index in [1.165, 1.54) is 42.6 Å². The lowest BCUT2D eigenvalue weighted by Crippen LogP contribution is -2.32. The summed E-state index contributed by atoms with van der Waals surface area (Å²) in [6.45, 7) is 4.52. The summed E-state index contributed by atoms with van der Waals surface area (Å²) < 4.78 is 2.21. The molecule has 0 amide bonds. The van der Waals surface area contributed by atoms with Gasteiger partial charge in [-0.1, -0.05) is 12.1 Å². The normalized spacial score (nSPS) is 21.5. The Morgan fingerprint density at radius 3 is 3.09 bits per heavy atom. The van der Waals surface area contributed by atoms with Crippen molar-refractivity contribution in [2.24, 2.45) is 0 Å². The van der Waals surface area contributed by atoms with E-state index in [0.29, 0.717) is 6.04 Å². The number of likely N-dealkylation sites (N-methyl/N-ethyl adjacent to an activating group) is 1. The number of imidazole rings is 1. The van der Waals surface area contributed by atoms with Crippen molar-refractivity contribution < 1.29 is 0 Å². The Hall–Kier alpha value is -1.81. The van der Waals surface area contributed by atoms with Crippen molar-refractivity contribution in [3.05, 3.63) is 48.0 Å². The molecule has 22 heavy (non-hydrogen) atoms. The molecule has 4 heteroatoms. The van der Waals surface area contributed by atoms with Crippen LogP contribution in [0.5, 0.6) is 0 Å². The van der Waals surface area contributed by atoms with E-state index in [1.807, 2.05) is 12.5 Å². The second-order valence-electron chi connectivity index (χ2n) is 6.66. The van der Waals surface area contributed by atoms with Crippen molar-refractivity contribution in [1.29, 1.82) is 0 Å². The maximum atomic E-state index is 4.16. The van der Waals surface area contributed by atoms with E-state index >= 15 is 0 Å². The molecule has 1 aromatic carbocycles. The zero-order valence-electron chi connectivity index (χ0n) is 13.3. The molecule has 0 saturated carbocycles. The first-order valence-corrected chi connectivity index (χ1v) is 8.32. The van der Waals surface area contributed by atoms with Gasteiger partial charge in [0, 0.05) is 50.8 Å². The smallest absolute Gasteiger partial charge is 0.0946 e. The molecule has 1 atom stereocenters. The molecule has 0 aliphatic carbocycles. The van der Waals surface area contributed by atoms with E-state index in [-0.39, 0.29) is 0 Å². The van der Waals surface area contributed by atoms with Crippen LogP contribution in [0.3, 0.4) is 0 Å². The van der Waals surface area contributed by atoms with E-state index in [9.17, 15) is 0 Å². The van der Waals surface area contributed by atoms with Gasteiger partial charge in [-0.3, -0.25) is 4.90 Å². The quantitative estimate of drug-likeness (QED) is 0.866. The number of anilines is 1. The molecule has 0 N–H and O–H groups in total. The highest BCUT2D eigenvalue weighted by Gasteiger charge is 2.25. The van der Waals surface area contributed by atoms with Crippen LogP contribution >= 0.6 is 0 Å². The number of fused-ring (bicyclic) bond motifs is 1. The predicted octanol–water partition coefficient (Wildman–Crippen LogP) is 2.54. The molecule has 2 aliphatic heterocycles. The van der Waals surface area contributed by atoms with Crippen molar-refractivity contribution in [3.8, 4) is 0 Å². The average molecular weight is 296 g/mol. The highest BCUT2D eigenvalue weighted by Crippen LogP contribution is 2.29. The molecule has 3 heterocycles. The highest BCUT2D eigenvalue weighted by molar-refractivity contribution is 5.58. The Bertz CT molecular complexity index is 635. The molecular formula is C18H24N4. The maximum Gasteiger partial charge on any atom is 0.0946 e. The summed E-state index contributed by atoms with van der Waals surface area (Å²) in [5.41, 5.74) is 4.40. The van der Waals surface area contributed by atoms with Crippen LogP contribution in [0.1, 0.15) is 24.0 Å². The number of aromatic nitrogens is 2. The summed E-state index contributed by atoms with van der Waals surface area (Å²) in [6.07, 6.45) is 9.68. The summed E-state index contributed by atoms with van der Waals surface area (Å²) in [7, 11) is 2.19. The molecule has 0 bridgehead atoms. The standard InChI is InChI=1S/C18H24N4/c1-20-9-6-16-11-15(4-5-18(16)20)12-22-8-2-3-17(22)13-21-10-7-19-14-21/h4-5,7,10-11,14,17H,2-3,6,8-9,12-13H2,1H3/t17-/m0/s1. The molecule has 1 aromatic heterocycles. The van der Waals surface area contributed by atoms with Gasteiger partial charge >= 0.3 is 0 Å². The van der Waals surface area contributed by atoms with Gasteiger partial charge < -0.3 is 9.47 Å².